The number of anilines is 2. The average molecular weight is 534 g/mol. The molecule has 0 aromatic heterocycles. The Morgan fingerprint density at radius 1 is 0.868 bits per heavy atom. The van der Waals surface area contributed by atoms with Gasteiger partial charge in [-0.05, 0) is 79.8 Å². The number of benzene rings is 3. The van der Waals surface area contributed by atoms with Gasteiger partial charge in [-0.1, -0.05) is 49.6 Å². The fourth-order valence-corrected chi connectivity index (χ4v) is 5.58. The van der Waals surface area contributed by atoms with Crippen LogP contribution >= 0.6 is 0 Å². The molecule has 3 aromatic rings. The summed E-state index contributed by atoms with van der Waals surface area (Å²) in [5.41, 5.74) is 4.74. The van der Waals surface area contributed by atoms with Crippen molar-refractivity contribution < 1.29 is 18.0 Å². The van der Waals surface area contributed by atoms with Gasteiger partial charge < -0.3 is 10.6 Å². The monoisotopic (exact) mass is 533 g/mol. The highest BCUT2D eigenvalue weighted by atomic mass is 32.2. The number of nitrogens with one attached hydrogen (secondary N) is 2. The van der Waals surface area contributed by atoms with E-state index in [0.29, 0.717) is 22.5 Å². The molecule has 0 atom stereocenters. The lowest BCUT2D eigenvalue weighted by atomic mass is 9.95. The van der Waals surface area contributed by atoms with E-state index < -0.39 is 10.0 Å². The van der Waals surface area contributed by atoms with Crippen LogP contribution in [0.4, 0.5) is 11.4 Å². The molecular formula is C30H35N3O4S. The molecule has 0 aliphatic heterocycles. The highest BCUT2D eigenvalue weighted by Crippen LogP contribution is 2.24. The zero-order chi connectivity index (χ0) is 27.3. The van der Waals surface area contributed by atoms with Gasteiger partial charge in [-0.2, -0.15) is 0 Å². The quantitative estimate of drug-likeness (QED) is 0.395. The van der Waals surface area contributed by atoms with Gasteiger partial charge in [0.15, 0.2) is 0 Å². The second kappa shape index (κ2) is 11.8. The van der Waals surface area contributed by atoms with E-state index in [9.17, 15) is 18.0 Å². The standard InChI is InChI=1S/C30H35N3O4S/c1-21-13-18-26(19-22(21)2)33(38(3,36)37)20-23-14-16-24(17-15-23)29(34)32-28-12-8-7-11-27(28)30(35)31-25-9-5-4-6-10-25/h7-8,11-19,25H,4-6,9-10,20H2,1-3H3,(H,31,35)(H,32,34). The van der Waals surface area contributed by atoms with Crippen LogP contribution in [0.3, 0.4) is 0 Å². The normalized spacial score (nSPS) is 14.1. The van der Waals surface area contributed by atoms with Gasteiger partial charge in [-0.3, -0.25) is 13.9 Å². The maximum Gasteiger partial charge on any atom is 0.255 e. The van der Waals surface area contributed by atoms with Crippen LogP contribution in [0.25, 0.3) is 0 Å². The molecule has 2 amide bonds. The van der Waals surface area contributed by atoms with E-state index >= 15 is 0 Å². The molecule has 1 aliphatic rings. The van der Waals surface area contributed by atoms with Crippen LogP contribution in [-0.2, 0) is 16.6 Å². The number of hydrogen-bond donors (Lipinski definition) is 2. The molecule has 3 aromatic carbocycles. The number of para-hydroxylation sites is 1. The Hall–Kier alpha value is -3.65. The van der Waals surface area contributed by atoms with Gasteiger partial charge in [0.05, 0.1) is 29.7 Å². The third kappa shape index (κ3) is 6.81. The van der Waals surface area contributed by atoms with Gasteiger partial charge in [0.2, 0.25) is 10.0 Å². The summed E-state index contributed by atoms with van der Waals surface area (Å²) in [5, 5.41) is 5.96. The Balaban J connectivity index is 1.46. The molecular weight excluding hydrogens is 498 g/mol. The number of aryl methyl sites for hydroxylation is 2. The number of carbonyl (C=O) groups excluding carboxylic acids is 2. The summed E-state index contributed by atoms with van der Waals surface area (Å²) in [4.78, 5) is 25.9. The van der Waals surface area contributed by atoms with Crippen molar-refractivity contribution in [2.45, 2.75) is 58.5 Å². The molecule has 38 heavy (non-hydrogen) atoms. The minimum absolute atomic E-state index is 0.146. The number of rotatable bonds is 8. The summed E-state index contributed by atoms with van der Waals surface area (Å²) in [6, 6.07) is 19.5. The molecule has 4 rings (SSSR count). The van der Waals surface area contributed by atoms with Crippen LogP contribution in [0.1, 0.15) is 69.5 Å². The maximum atomic E-state index is 13.0. The highest BCUT2D eigenvalue weighted by molar-refractivity contribution is 7.92. The fraction of sp³-hybridized carbons (Fsp3) is 0.333. The number of sulfonamides is 1. The first kappa shape index (κ1) is 27.4. The van der Waals surface area contributed by atoms with Gasteiger partial charge in [0.1, 0.15) is 0 Å². The molecule has 0 unspecified atom stereocenters. The van der Waals surface area contributed by atoms with Crippen molar-refractivity contribution in [3.63, 3.8) is 0 Å². The van der Waals surface area contributed by atoms with Crippen molar-refractivity contribution in [3.8, 4) is 0 Å². The number of hydrogen-bond acceptors (Lipinski definition) is 4. The van der Waals surface area contributed by atoms with Crippen molar-refractivity contribution in [2.24, 2.45) is 0 Å². The number of nitrogens with zero attached hydrogens (tertiary/aromatic N) is 1. The molecule has 200 valence electrons. The average Bonchev–Trinajstić information content (AvgIpc) is 2.89. The predicted octanol–water partition coefficient (Wildman–Crippen LogP) is 5.58. The van der Waals surface area contributed by atoms with Crippen LogP contribution in [0.15, 0.2) is 66.7 Å². The second-order valence-electron chi connectivity index (χ2n) is 10.0. The Morgan fingerprint density at radius 2 is 1.55 bits per heavy atom. The van der Waals surface area contributed by atoms with Gasteiger partial charge >= 0.3 is 0 Å². The number of amides is 2. The first-order valence-electron chi connectivity index (χ1n) is 13.0. The molecule has 1 aliphatic carbocycles. The lowest BCUT2D eigenvalue weighted by Crippen LogP contribution is -2.36. The molecule has 0 bridgehead atoms. The Kier molecular flexibility index (Phi) is 8.52. The fourth-order valence-electron chi connectivity index (χ4n) is 4.70. The molecule has 8 heteroatoms. The summed E-state index contributed by atoms with van der Waals surface area (Å²) in [6.07, 6.45) is 6.58. The van der Waals surface area contributed by atoms with Crippen molar-refractivity contribution >= 4 is 33.2 Å². The van der Waals surface area contributed by atoms with Crippen molar-refractivity contribution in [3.05, 3.63) is 94.5 Å². The predicted molar refractivity (Wildman–Crippen MR) is 152 cm³/mol. The molecule has 0 radical (unpaired) electrons. The third-order valence-electron chi connectivity index (χ3n) is 7.08. The van der Waals surface area contributed by atoms with E-state index in [4.69, 9.17) is 0 Å². The summed E-state index contributed by atoms with van der Waals surface area (Å²) in [7, 11) is -3.52. The van der Waals surface area contributed by atoms with Gasteiger partial charge in [-0.15, -0.1) is 0 Å². The summed E-state index contributed by atoms with van der Waals surface area (Å²) < 4.78 is 26.5. The van der Waals surface area contributed by atoms with Crippen LogP contribution < -0.4 is 14.9 Å². The van der Waals surface area contributed by atoms with Crippen LogP contribution in [0.5, 0.6) is 0 Å². The molecule has 0 heterocycles. The van der Waals surface area contributed by atoms with Crippen LogP contribution in [-0.4, -0.2) is 32.5 Å². The van der Waals surface area contributed by atoms with E-state index in [-0.39, 0.29) is 24.4 Å². The van der Waals surface area contributed by atoms with Crippen molar-refractivity contribution in [1.82, 2.24) is 5.32 Å². The minimum atomic E-state index is -3.52. The lowest BCUT2D eigenvalue weighted by molar-refractivity contribution is 0.0928. The van der Waals surface area contributed by atoms with Gasteiger partial charge in [0, 0.05) is 11.6 Å². The maximum absolute atomic E-state index is 13.0. The molecule has 0 spiro atoms. The third-order valence-corrected chi connectivity index (χ3v) is 8.22. The Morgan fingerprint density at radius 3 is 2.21 bits per heavy atom. The van der Waals surface area contributed by atoms with E-state index in [0.717, 1.165) is 42.4 Å². The summed E-state index contributed by atoms with van der Waals surface area (Å²) >= 11 is 0. The first-order valence-corrected chi connectivity index (χ1v) is 14.8. The lowest BCUT2D eigenvalue weighted by Gasteiger charge is -2.23. The van der Waals surface area contributed by atoms with Crippen molar-refractivity contribution in [2.75, 3.05) is 15.9 Å². The smallest absolute Gasteiger partial charge is 0.255 e. The van der Waals surface area contributed by atoms with Crippen LogP contribution in [0, 0.1) is 13.8 Å². The zero-order valence-electron chi connectivity index (χ0n) is 22.2. The van der Waals surface area contributed by atoms with Crippen LogP contribution in [0.2, 0.25) is 0 Å². The SMILES string of the molecule is Cc1ccc(N(Cc2ccc(C(=O)Nc3ccccc3C(=O)NC3CCCCC3)cc2)S(C)(=O)=O)cc1C. The Labute approximate surface area is 225 Å². The molecule has 0 saturated heterocycles. The molecule has 1 saturated carbocycles. The largest absolute Gasteiger partial charge is 0.349 e. The highest BCUT2D eigenvalue weighted by Gasteiger charge is 2.21. The summed E-state index contributed by atoms with van der Waals surface area (Å²) in [5.74, 6) is -0.529. The topological polar surface area (TPSA) is 95.6 Å². The molecule has 2 N–H and O–H groups in total. The zero-order valence-corrected chi connectivity index (χ0v) is 23.0. The second-order valence-corrected chi connectivity index (χ2v) is 12.0. The first-order chi connectivity index (χ1) is 18.1. The van der Waals surface area contributed by atoms with E-state index in [1.807, 2.05) is 26.0 Å². The summed E-state index contributed by atoms with van der Waals surface area (Å²) in [6.45, 7) is 4.08. The molecule has 1 fully saturated rings. The van der Waals surface area contributed by atoms with E-state index in [2.05, 4.69) is 10.6 Å². The van der Waals surface area contributed by atoms with E-state index in [1.54, 1.807) is 54.6 Å². The number of carbonyl (C=O) groups is 2. The molecule has 7 nitrogen and oxygen atoms in total. The van der Waals surface area contributed by atoms with E-state index in [1.165, 1.54) is 17.0 Å². The van der Waals surface area contributed by atoms with Crippen molar-refractivity contribution in [1.29, 1.82) is 0 Å². The minimum Gasteiger partial charge on any atom is -0.349 e. The van der Waals surface area contributed by atoms with Gasteiger partial charge in [-0.25, -0.2) is 8.42 Å². The Bertz CT molecular complexity index is 1410. The van der Waals surface area contributed by atoms with Gasteiger partial charge in [0.25, 0.3) is 11.8 Å².